The van der Waals surface area contributed by atoms with Crippen LogP contribution < -0.4 is 16.2 Å². The lowest BCUT2D eigenvalue weighted by molar-refractivity contribution is -0.128. The SMILES string of the molecule is O=C(CCc1ncc(-c2ccc(Cl)cc2)o1)NNC(=O)CNc1nc2ccccc2s1. The van der Waals surface area contributed by atoms with Crippen LogP contribution in [0.5, 0.6) is 0 Å². The molecule has 0 saturated carbocycles. The molecule has 0 radical (unpaired) electrons. The lowest BCUT2D eigenvalue weighted by Gasteiger charge is -2.07. The molecule has 158 valence electrons. The van der Waals surface area contributed by atoms with Gasteiger partial charge in [-0.15, -0.1) is 0 Å². The van der Waals surface area contributed by atoms with E-state index >= 15 is 0 Å². The number of hydrazine groups is 1. The average molecular weight is 456 g/mol. The Kier molecular flexibility index (Phi) is 6.44. The Morgan fingerprint density at radius 3 is 2.61 bits per heavy atom. The van der Waals surface area contributed by atoms with Crippen molar-refractivity contribution in [3.63, 3.8) is 0 Å². The van der Waals surface area contributed by atoms with Gasteiger partial charge < -0.3 is 9.73 Å². The fourth-order valence-electron chi connectivity index (χ4n) is 2.74. The van der Waals surface area contributed by atoms with Crippen molar-refractivity contribution in [1.29, 1.82) is 0 Å². The number of halogens is 1. The molecule has 0 aliphatic heterocycles. The topological polar surface area (TPSA) is 109 Å². The number of amides is 2. The number of nitrogens with one attached hydrogen (secondary N) is 3. The Balaban J connectivity index is 1.18. The van der Waals surface area contributed by atoms with Crippen molar-refractivity contribution in [3.8, 4) is 11.3 Å². The van der Waals surface area contributed by atoms with E-state index in [4.69, 9.17) is 16.0 Å². The zero-order chi connectivity index (χ0) is 21.6. The number of aromatic nitrogens is 2. The molecule has 0 bridgehead atoms. The van der Waals surface area contributed by atoms with Crippen LogP contribution in [0.3, 0.4) is 0 Å². The quantitative estimate of drug-likeness (QED) is 0.366. The predicted octanol–water partition coefficient (Wildman–Crippen LogP) is 3.80. The third-order valence-corrected chi connectivity index (χ3v) is 5.53. The van der Waals surface area contributed by atoms with Crippen LogP contribution in [0.25, 0.3) is 21.5 Å². The molecule has 2 amide bonds. The molecule has 0 unspecified atom stereocenters. The number of carbonyl (C=O) groups is 2. The number of hydrogen-bond donors (Lipinski definition) is 3. The molecule has 0 aliphatic carbocycles. The molecule has 4 aromatic rings. The van der Waals surface area contributed by atoms with Gasteiger partial charge in [0.15, 0.2) is 16.8 Å². The van der Waals surface area contributed by atoms with Crippen molar-refractivity contribution in [2.75, 3.05) is 11.9 Å². The summed E-state index contributed by atoms with van der Waals surface area (Å²) in [4.78, 5) is 32.5. The predicted molar refractivity (Wildman–Crippen MR) is 120 cm³/mol. The van der Waals surface area contributed by atoms with E-state index in [0.717, 1.165) is 15.8 Å². The molecule has 0 saturated heterocycles. The lowest BCUT2D eigenvalue weighted by Crippen LogP contribution is -2.44. The van der Waals surface area contributed by atoms with Crippen molar-refractivity contribution in [2.24, 2.45) is 0 Å². The zero-order valence-electron chi connectivity index (χ0n) is 16.2. The van der Waals surface area contributed by atoms with E-state index in [1.165, 1.54) is 11.3 Å². The second-order valence-corrected chi connectivity index (χ2v) is 8.03. The van der Waals surface area contributed by atoms with Gasteiger partial charge in [0.1, 0.15) is 0 Å². The second kappa shape index (κ2) is 9.59. The van der Waals surface area contributed by atoms with Gasteiger partial charge in [-0.2, -0.15) is 0 Å². The van der Waals surface area contributed by atoms with Crippen LogP contribution in [0.4, 0.5) is 5.13 Å². The molecule has 3 N–H and O–H groups in total. The number of oxazole rings is 1. The van der Waals surface area contributed by atoms with Crippen LogP contribution >= 0.6 is 22.9 Å². The number of para-hydroxylation sites is 1. The van der Waals surface area contributed by atoms with Gasteiger partial charge in [0.2, 0.25) is 5.91 Å². The maximum Gasteiger partial charge on any atom is 0.257 e. The Bertz CT molecular complexity index is 1170. The van der Waals surface area contributed by atoms with Crippen LogP contribution in [-0.4, -0.2) is 28.3 Å². The monoisotopic (exact) mass is 455 g/mol. The van der Waals surface area contributed by atoms with Gasteiger partial charge in [0.25, 0.3) is 5.91 Å². The summed E-state index contributed by atoms with van der Waals surface area (Å²) in [5, 5.41) is 4.23. The normalized spacial score (nSPS) is 10.7. The van der Waals surface area contributed by atoms with Crippen molar-refractivity contribution in [1.82, 2.24) is 20.8 Å². The molecule has 8 nitrogen and oxygen atoms in total. The number of rotatable bonds is 7. The Morgan fingerprint density at radius 1 is 1.03 bits per heavy atom. The summed E-state index contributed by atoms with van der Waals surface area (Å²) in [5.41, 5.74) is 6.47. The van der Waals surface area contributed by atoms with E-state index in [9.17, 15) is 9.59 Å². The summed E-state index contributed by atoms with van der Waals surface area (Å²) in [5.74, 6) is 0.304. The number of anilines is 1. The number of carbonyl (C=O) groups excluding carboxylic acids is 2. The number of hydrogen-bond acceptors (Lipinski definition) is 7. The van der Waals surface area contributed by atoms with Gasteiger partial charge in [0, 0.05) is 23.4 Å². The van der Waals surface area contributed by atoms with E-state index in [-0.39, 0.29) is 24.8 Å². The molecule has 0 atom stereocenters. The van der Waals surface area contributed by atoms with Gasteiger partial charge in [-0.1, -0.05) is 35.1 Å². The van der Waals surface area contributed by atoms with Crippen molar-refractivity contribution < 1.29 is 14.0 Å². The third-order valence-electron chi connectivity index (χ3n) is 4.28. The van der Waals surface area contributed by atoms with E-state index in [0.29, 0.717) is 28.2 Å². The number of aryl methyl sites for hydroxylation is 1. The van der Waals surface area contributed by atoms with Crippen LogP contribution in [0.15, 0.2) is 59.1 Å². The highest BCUT2D eigenvalue weighted by Crippen LogP contribution is 2.25. The molecule has 31 heavy (non-hydrogen) atoms. The Morgan fingerprint density at radius 2 is 1.81 bits per heavy atom. The first-order valence-corrected chi connectivity index (χ1v) is 10.6. The molecule has 0 spiro atoms. The Hall–Kier alpha value is -3.43. The molecule has 10 heteroatoms. The first kappa shape index (κ1) is 20.8. The highest BCUT2D eigenvalue weighted by atomic mass is 35.5. The standard InChI is InChI=1S/C21H18ClN5O3S/c22-14-7-5-13(6-8-14)16-11-23-20(30-16)10-9-18(28)26-27-19(29)12-24-21-25-15-3-1-2-4-17(15)31-21/h1-8,11H,9-10,12H2,(H,24,25)(H,26,28)(H,27,29). The van der Waals surface area contributed by atoms with E-state index in [1.54, 1.807) is 18.3 Å². The van der Waals surface area contributed by atoms with Crippen molar-refractivity contribution in [2.45, 2.75) is 12.8 Å². The van der Waals surface area contributed by atoms with E-state index < -0.39 is 0 Å². The summed E-state index contributed by atoms with van der Waals surface area (Å²) in [6.45, 7) is -0.00963. The third kappa shape index (κ3) is 5.59. The minimum absolute atomic E-state index is 0.00963. The maximum atomic E-state index is 12.0. The van der Waals surface area contributed by atoms with Crippen LogP contribution in [0.2, 0.25) is 5.02 Å². The van der Waals surface area contributed by atoms with Crippen LogP contribution in [0, 0.1) is 0 Å². The van der Waals surface area contributed by atoms with Gasteiger partial charge in [-0.05, 0) is 36.4 Å². The molecule has 4 rings (SSSR count). The highest BCUT2D eigenvalue weighted by Gasteiger charge is 2.10. The number of thiazole rings is 1. The summed E-state index contributed by atoms with van der Waals surface area (Å²) in [7, 11) is 0. The molecular formula is C21H18ClN5O3S. The summed E-state index contributed by atoms with van der Waals surface area (Å²) >= 11 is 7.34. The summed E-state index contributed by atoms with van der Waals surface area (Å²) in [6, 6.07) is 14.9. The van der Waals surface area contributed by atoms with Crippen LogP contribution in [0.1, 0.15) is 12.3 Å². The van der Waals surface area contributed by atoms with Gasteiger partial charge in [0.05, 0.1) is 23.0 Å². The Labute approximate surface area is 186 Å². The fourth-order valence-corrected chi connectivity index (χ4v) is 3.73. The lowest BCUT2D eigenvalue weighted by atomic mass is 10.2. The minimum Gasteiger partial charge on any atom is -0.441 e. The fraction of sp³-hybridized carbons (Fsp3) is 0.143. The second-order valence-electron chi connectivity index (χ2n) is 6.56. The van der Waals surface area contributed by atoms with Gasteiger partial charge >= 0.3 is 0 Å². The largest absolute Gasteiger partial charge is 0.441 e. The summed E-state index contributed by atoms with van der Waals surface area (Å²) in [6.07, 6.45) is 2.03. The van der Waals surface area contributed by atoms with E-state index in [2.05, 4.69) is 26.1 Å². The van der Waals surface area contributed by atoms with Gasteiger partial charge in [-0.3, -0.25) is 20.4 Å². The zero-order valence-corrected chi connectivity index (χ0v) is 17.8. The number of nitrogens with zero attached hydrogens (tertiary/aromatic N) is 2. The highest BCUT2D eigenvalue weighted by molar-refractivity contribution is 7.22. The molecule has 2 aromatic heterocycles. The van der Waals surface area contributed by atoms with Crippen LogP contribution in [-0.2, 0) is 16.0 Å². The number of fused-ring (bicyclic) bond motifs is 1. The molecular weight excluding hydrogens is 438 g/mol. The number of benzene rings is 2. The first-order chi connectivity index (χ1) is 15.1. The van der Waals surface area contributed by atoms with Crippen molar-refractivity contribution >= 4 is 50.1 Å². The summed E-state index contributed by atoms with van der Waals surface area (Å²) < 4.78 is 6.69. The molecule has 2 heterocycles. The smallest absolute Gasteiger partial charge is 0.257 e. The molecule has 2 aromatic carbocycles. The average Bonchev–Trinajstić information content (AvgIpc) is 3.42. The van der Waals surface area contributed by atoms with E-state index in [1.807, 2.05) is 36.4 Å². The first-order valence-electron chi connectivity index (χ1n) is 9.44. The van der Waals surface area contributed by atoms with Crippen molar-refractivity contribution in [3.05, 3.63) is 65.6 Å². The minimum atomic E-state index is -0.381. The molecule has 0 fully saturated rings. The van der Waals surface area contributed by atoms with Gasteiger partial charge in [-0.25, -0.2) is 9.97 Å². The molecule has 0 aliphatic rings. The maximum absolute atomic E-state index is 12.0.